The van der Waals surface area contributed by atoms with Gasteiger partial charge in [-0.3, -0.25) is 0 Å². The number of para-hydroxylation sites is 1. The van der Waals surface area contributed by atoms with Gasteiger partial charge in [0.05, 0.1) is 25.9 Å². The Labute approximate surface area is 108 Å². The first kappa shape index (κ1) is 13.2. The van der Waals surface area contributed by atoms with E-state index in [9.17, 15) is 5.11 Å². The predicted molar refractivity (Wildman–Crippen MR) is 69.9 cm³/mol. The van der Waals surface area contributed by atoms with Crippen molar-refractivity contribution in [3.05, 3.63) is 23.8 Å². The van der Waals surface area contributed by atoms with Crippen LogP contribution in [0.5, 0.6) is 11.5 Å². The van der Waals surface area contributed by atoms with Gasteiger partial charge >= 0.3 is 0 Å². The summed E-state index contributed by atoms with van der Waals surface area (Å²) >= 11 is 0. The van der Waals surface area contributed by atoms with Crippen LogP contribution < -0.4 is 15.2 Å². The van der Waals surface area contributed by atoms with Crippen molar-refractivity contribution in [2.24, 2.45) is 5.73 Å². The lowest BCUT2D eigenvalue weighted by atomic mass is 10.1. The Hall–Kier alpha value is -1.26. The SMILES string of the molecule is COc1cccc(C(N)CO)c1OC1CCCC1. The summed E-state index contributed by atoms with van der Waals surface area (Å²) in [7, 11) is 1.62. The molecule has 2 rings (SSSR count). The van der Waals surface area contributed by atoms with E-state index in [1.807, 2.05) is 18.2 Å². The molecule has 0 amide bonds. The minimum Gasteiger partial charge on any atom is -0.493 e. The maximum atomic E-state index is 9.22. The topological polar surface area (TPSA) is 64.7 Å². The molecule has 1 saturated carbocycles. The second-order valence-electron chi connectivity index (χ2n) is 4.69. The lowest BCUT2D eigenvalue weighted by Crippen LogP contribution is -2.19. The van der Waals surface area contributed by atoms with Gasteiger partial charge in [0, 0.05) is 5.56 Å². The monoisotopic (exact) mass is 251 g/mol. The highest BCUT2D eigenvalue weighted by Gasteiger charge is 2.22. The van der Waals surface area contributed by atoms with Crippen LogP contribution in [0.4, 0.5) is 0 Å². The fourth-order valence-electron chi connectivity index (χ4n) is 2.38. The number of rotatable bonds is 5. The fraction of sp³-hybridized carbons (Fsp3) is 0.571. The molecule has 1 aromatic carbocycles. The van der Waals surface area contributed by atoms with Gasteiger partial charge in [0.25, 0.3) is 0 Å². The fourth-order valence-corrected chi connectivity index (χ4v) is 2.38. The van der Waals surface area contributed by atoms with E-state index >= 15 is 0 Å². The van der Waals surface area contributed by atoms with Crippen molar-refractivity contribution >= 4 is 0 Å². The molecule has 0 aromatic heterocycles. The summed E-state index contributed by atoms with van der Waals surface area (Å²) in [5.41, 5.74) is 6.72. The summed E-state index contributed by atoms with van der Waals surface area (Å²) in [6, 6.07) is 5.17. The second-order valence-corrected chi connectivity index (χ2v) is 4.69. The number of nitrogens with two attached hydrogens (primary N) is 1. The van der Waals surface area contributed by atoms with Crippen molar-refractivity contribution < 1.29 is 14.6 Å². The van der Waals surface area contributed by atoms with Crippen LogP contribution in [0.2, 0.25) is 0 Å². The maximum absolute atomic E-state index is 9.22. The molecule has 4 nitrogen and oxygen atoms in total. The molecule has 18 heavy (non-hydrogen) atoms. The van der Waals surface area contributed by atoms with E-state index < -0.39 is 6.04 Å². The molecule has 1 aliphatic rings. The summed E-state index contributed by atoms with van der Waals surface area (Å²) in [5, 5.41) is 9.22. The molecule has 4 heteroatoms. The molecule has 0 radical (unpaired) electrons. The normalized spacial score (nSPS) is 17.7. The Kier molecular flexibility index (Phi) is 4.44. The minimum atomic E-state index is -0.434. The molecule has 3 N–H and O–H groups in total. The lowest BCUT2D eigenvalue weighted by molar-refractivity contribution is 0.194. The highest BCUT2D eigenvalue weighted by molar-refractivity contribution is 5.48. The van der Waals surface area contributed by atoms with Crippen molar-refractivity contribution in [2.45, 2.75) is 37.8 Å². The van der Waals surface area contributed by atoms with Crippen LogP contribution >= 0.6 is 0 Å². The van der Waals surface area contributed by atoms with E-state index in [1.165, 1.54) is 12.8 Å². The number of hydrogen-bond acceptors (Lipinski definition) is 4. The third-order valence-corrected chi connectivity index (χ3v) is 3.41. The number of ether oxygens (including phenoxy) is 2. The summed E-state index contributed by atoms with van der Waals surface area (Å²) in [5.74, 6) is 1.37. The first-order valence-corrected chi connectivity index (χ1v) is 6.46. The van der Waals surface area contributed by atoms with Crippen LogP contribution in [0.1, 0.15) is 37.3 Å². The van der Waals surface area contributed by atoms with Gasteiger partial charge in [-0.05, 0) is 31.7 Å². The van der Waals surface area contributed by atoms with E-state index in [4.69, 9.17) is 15.2 Å². The minimum absolute atomic E-state index is 0.103. The number of aliphatic hydroxyl groups is 1. The number of aliphatic hydroxyl groups excluding tert-OH is 1. The summed E-state index contributed by atoms with van der Waals surface area (Å²) in [6.07, 6.45) is 4.81. The molecule has 0 spiro atoms. The average Bonchev–Trinajstić information content (AvgIpc) is 2.91. The predicted octanol–water partition coefficient (Wildman–Crippen LogP) is 2.01. The quantitative estimate of drug-likeness (QED) is 0.840. The zero-order chi connectivity index (χ0) is 13.0. The van der Waals surface area contributed by atoms with Gasteiger partial charge in [0.1, 0.15) is 0 Å². The van der Waals surface area contributed by atoms with Crippen molar-refractivity contribution in [2.75, 3.05) is 13.7 Å². The largest absolute Gasteiger partial charge is 0.493 e. The zero-order valence-corrected chi connectivity index (χ0v) is 10.8. The molecule has 0 bridgehead atoms. The summed E-state index contributed by atoms with van der Waals surface area (Å²) in [4.78, 5) is 0. The van der Waals surface area contributed by atoms with Gasteiger partial charge in [-0.2, -0.15) is 0 Å². The Bertz CT molecular complexity index is 389. The number of methoxy groups -OCH3 is 1. The Morgan fingerprint density at radius 2 is 2.11 bits per heavy atom. The van der Waals surface area contributed by atoms with E-state index in [0.717, 1.165) is 18.4 Å². The van der Waals surface area contributed by atoms with Crippen LogP contribution in [0.25, 0.3) is 0 Å². The molecule has 0 saturated heterocycles. The molecule has 1 unspecified atom stereocenters. The second kappa shape index (κ2) is 6.07. The molecule has 100 valence electrons. The van der Waals surface area contributed by atoms with Gasteiger partial charge in [-0.25, -0.2) is 0 Å². The van der Waals surface area contributed by atoms with Crippen LogP contribution in [0.3, 0.4) is 0 Å². The highest BCUT2D eigenvalue weighted by Crippen LogP contribution is 2.36. The molecular weight excluding hydrogens is 230 g/mol. The van der Waals surface area contributed by atoms with E-state index in [2.05, 4.69) is 0 Å². The van der Waals surface area contributed by atoms with E-state index in [0.29, 0.717) is 11.5 Å². The maximum Gasteiger partial charge on any atom is 0.166 e. The summed E-state index contributed by atoms with van der Waals surface area (Å²) < 4.78 is 11.4. The first-order valence-electron chi connectivity index (χ1n) is 6.46. The average molecular weight is 251 g/mol. The van der Waals surface area contributed by atoms with Crippen LogP contribution in [-0.2, 0) is 0 Å². The van der Waals surface area contributed by atoms with Crippen LogP contribution in [0.15, 0.2) is 18.2 Å². The first-order chi connectivity index (χ1) is 8.76. The van der Waals surface area contributed by atoms with Gasteiger partial charge in [0.15, 0.2) is 11.5 Å². The summed E-state index contributed by atoms with van der Waals surface area (Å²) in [6.45, 7) is -0.103. The third-order valence-electron chi connectivity index (χ3n) is 3.41. The van der Waals surface area contributed by atoms with Crippen molar-refractivity contribution in [1.82, 2.24) is 0 Å². The van der Waals surface area contributed by atoms with Gasteiger partial charge in [-0.1, -0.05) is 12.1 Å². The van der Waals surface area contributed by atoms with Crippen molar-refractivity contribution in [1.29, 1.82) is 0 Å². The molecule has 0 aliphatic heterocycles. The van der Waals surface area contributed by atoms with Crippen molar-refractivity contribution in [3.8, 4) is 11.5 Å². The molecule has 1 aliphatic carbocycles. The molecule has 1 fully saturated rings. The number of hydrogen-bond donors (Lipinski definition) is 2. The molecule has 0 heterocycles. The van der Waals surface area contributed by atoms with Gasteiger partial charge < -0.3 is 20.3 Å². The lowest BCUT2D eigenvalue weighted by Gasteiger charge is -2.21. The molecule has 1 atom stereocenters. The highest BCUT2D eigenvalue weighted by atomic mass is 16.5. The standard InChI is InChI=1S/C14H21NO3/c1-17-13-8-4-7-11(12(15)9-16)14(13)18-10-5-2-3-6-10/h4,7-8,10,12,16H,2-3,5-6,9,15H2,1H3. The Balaban J connectivity index is 2.27. The van der Waals surface area contributed by atoms with Gasteiger partial charge in [-0.15, -0.1) is 0 Å². The van der Waals surface area contributed by atoms with E-state index in [1.54, 1.807) is 7.11 Å². The van der Waals surface area contributed by atoms with Gasteiger partial charge in [0.2, 0.25) is 0 Å². The van der Waals surface area contributed by atoms with Crippen LogP contribution in [0, 0.1) is 0 Å². The Morgan fingerprint density at radius 3 is 2.72 bits per heavy atom. The molecule has 1 aromatic rings. The van der Waals surface area contributed by atoms with Crippen LogP contribution in [-0.4, -0.2) is 24.9 Å². The zero-order valence-electron chi connectivity index (χ0n) is 10.8. The third kappa shape index (κ3) is 2.76. The Morgan fingerprint density at radius 1 is 1.39 bits per heavy atom. The number of benzene rings is 1. The van der Waals surface area contributed by atoms with Crippen molar-refractivity contribution in [3.63, 3.8) is 0 Å². The van der Waals surface area contributed by atoms with E-state index in [-0.39, 0.29) is 12.7 Å². The molecular formula is C14H21NO3. The smallest absolute Gasteiger partial charge is 0.166 e.